The smallest absolute Gasteiger partial charge is 0.264 e. The SMILES string of the molecule is O=C(NCc1ccccc1)C1(Oc2ccc3ncccc3c2)CCNCC1. The number of hydrogen-bond donors (Lipinski definition) is 2. The largest absolute Gasteiger partial charge is 0.477 e. The first-order valence-electron chi connectivity index (χ1n) is 9.32. The number of piperidine rings is 1. The Morgan fingerprint density at radius 2 is 1.89 bits per heavy atom. The highest BCUT2D eigenvalue weighted by Gasteiger charge is 2.42. The summed E-state index contributed by atoms with van der Waals surface area (Å²) in [6.45, 7) is 2.02. The van der Waals surface area contributed by atoms with Crippen molar-refractivity contribution in [2.45, 2.75) is 25.0 Å². The fourth-order valence-corrected chi connectivity index (χ4v) is 3.49. The third-order valence-corrected chi connectivity index (χ3v) is 5.01. The lowest BCUT2D eigenvalue weighted by molar-refractivity contribution is -0.139. The van der Waals surface area contributed by atoms with E-state index in [9.17, 15) is 4.79 Å². The monoisotopic (exact) mass is 361 g/mol. The molecule has 0 unspecified atom stereocenters. The van der Waals surface area contributed by atoms with E-state index in [1.54, 1.807) is 6.20 Å². The van der Waals surface area contributed by atoms with Crippen LogP contribution in [0.3, 0.4) is 0 Å². The zero-order valence-electron chi connectivity index (χ0n) is 15.2. The Morgan fingerprint density at radius 3 is 2.70 bits per heavy atom. The molecule has 0 saturated carbocycles. The summed E-state index contributed by atoms with van der Waals surface area (Å²) in [5.74, 6) is 0.645. The molecule has 2 aromatic carbocycles. The molecular weight excluding hydrogens is 338 g/mol. The molecule has 0 bridgehead atoms. The molecule has 0 radical (unpaired) electrons. The van der Waals surface area contributed by atoms with E-state index in [4.69, 9.17) is 4.74 Å². The zero-order chi connectivity index (χ0) is 18.5. The predicted molar refractivity (Wildman–Crippen MR) is 105 cm³/mol. The average Bonchev–Trinajstić information content (AvgIpc) is 2.73. The Labute approximate surface area is 158 Å². The maximum absolute atomic E-state index is 13.1. The fraction of sp³-hybridized carbons (Fsp3) is 0.273. The third-order valence-electron chi connectivity index (χ3n) is 5.01. The van der Waals surface area contributed by atoms with Crippen LogP contribution in [-0.4, -0.2) is 29.6 Å². The van der Waals surface area contributed by atoms with Gasteiger partial charge in [0, 0.05) is 31.0 Å². The molecule has 4 rings (SSSR count). The number of hydrogen-bond acceptors (Lipinski definition) is 4. The molecular formula is C22H23N3O2. The van der Waals surface area contributed by atoms with Crippen LogP contribution in [0.1, 0.15) is 18.4 Å². The highest BCUT2D eigenvalue weighted by Crippen LogP contribution is 2.29. The van der Waals surface area contributed by atoms with Crippen LogP contribution in [0.2, 0.25) is 0 Å². The van der Waals surface area contributed by atoms with Crippen LogP contribution in [-0.2, 0) is 11.3 Å². The van der Waals surface area contributed by atoms with Gasteiger partial charge in [0.2, 0.25) is 0 Å². The number of carbonyl (C=O) groups excluding carboxylic acids is 1. The normalized spacial score (nSPS) is 16.0. The number of rotatable bonds is 5. The molecule has 5 heteroatoms. The van der Waals surface area contributed by atoms with Crippen molar-refractivity contribution in [3.63, 3.8) is 0 Å². The van der Waals surface area contributed by atoms with Gasteiger partial charge in [-0.15, -0.1) is 0 Å². The van der Waals surface area contributed by atoms with Crippen molar-refractivity contribution >= 4 is 16.8 Å². The number of nitrogens with one attached hydrogen (secondary N) is 2. The maximum atomic E-state index is 13.1. The number of pyridine rings is 1. The van der Waals surface area contributed by atoms with Crippen LogP contribution in [0, 0.1) is 0 Å². The van der Waals surface area contributed by atoms with Crippen LogP contribution in [0.5, 0.6) is 5.75 Å². The van der Waals surface area contributed by atoms with Gasteiger partial charge in [0.15, 0.2) is 5.60 Å². The van der Waals surface area contributed by atoms with E-state index < -0.39 is 5.60 Å². The summed E-state index contributed by atoms with van der Waals surface area (Å²) in [6.07, 6.45) is 3.05. The molecule has 1 aromatic heterocycles. The first-order chi connectivity index (χ1) is 13.3. The van der Waals surface area contributed by atoms with Crippen LogP contribution >= 0.6 is 0 Å². The molecule has 2 N–H and O–H groups in total. The van der Waals surface area contributed by atoms with Crippen molar-refractivity contribution < 1.29 is 9.53 Å². The molecule has 27 heavy (non-hydrogen) atoms. The van der Waals surface area contributed by atoms with Crippen molar-refractivity contribution in [1.29, 1.82) is 0 Å². The summed E-state index contributed by atoms with van der Waals surface area (Å²) >= 11 is 0. The number of aromatic nitrogens is 1. The van der Waals surface area contributed by atoms with Gasteiger partial charge < -0.3 is 15.4 Å². The average molecular weight is 361 g/mol. The highest BCUT2D eigenvalue weighted by atomic mass is 16.5. The second kappa shape index (κ2) is 7.76. The first kappa shape index (κ1) is 17.5. The molecule has 5 nitrogen and oxygen atoms in total. The third kappa shape index (κ3) is 3.93. The zero-order valence-corrected chi connectivity index (χ0v) is 15.2. The van der Waals surface area contributed by atoms with Crippen LogP contribution in [0.4, 0.5) is 0 Å². The molecule has 1 saturated heterocycles. The summed E-state index contributed by atoms with van der Waals surface area (Å²) in [6, 6.07) is 19.6. The van der Waals surface area contributed by atoms with E-state index in [1.165, 1.54) is 0 Å². The molecule has 1 fully saturated rings. The Hall–Kier alpha value is -2.92. The minimum absolute atomic E-state index is 0.0564. The van der Waals surface area contributed by atoms with Crippen molar-refractivity contribution in [3.8, 4) is 5.75 Å². The van der Waals surface area contributed by atoms with Crippen LogP contribution in [0.25, 0.3) is 10.9 Å². The number of amides is 1. The van der Waals surface area contributed by atoms with Gasteiger partial charge >= 0.3 is 0 Å². The van der Waals surface area contributed by atoms with Gasteiger partial charge in [0.25, 0.3) is 5.91 Å². The lowest BCUT2D eigenvalue weighted by Gasteiger charge is -2.36. The first-order valence-corrected chi connectivity index (χ1v) is 9.32. The second-order valence-corrected chi connectivity index (χ2v) is 6.87. The minimum Gasteiger partial charge on any atom is -0.477 e. The Balaban J connectivity index is 1.54. The highest BCUT2D eigenvalue weighted by molar-refractivity contribution is 5.86. The van der Waals surface area contributed by atoms with Gasteiger partial charge in [-0.1, -0.05) is 36.4 Å². The summed E-state index contributed by atoms with van der Waals surface area (Å²) in [5, 5.41) is 7.38. The molecule has 1 aliphatic rings. The lowest BCUT2D eigenvalue weighted by Crippen LogP contribution is -2.56. The standard InChI is InChI=1S/C22H23N3O2/c26-21(25-16-17-5-2-1-3-6-17)22(10-13-23-14-11-22)27-19-8-9-20-18(15-19)7-4-12-24-20/h1-9,12,15,23H,10-11,13-14,16H2,(H,25,26). The maximum Gasteiger partial charge on any atom is 0.264 e. The van der Waals surface area contributed by atoms with E-state index in [0.717, 1.165) is 29.6 Å². The second-order valence-electron chi connectivity index (χ2n) is 6.87. The van der Waals surface area contributed by atoms with E-state index in [2.05, 4.69) is 15.6 Å². The fourth-order valence-electron chi connectivity index (χ4n) is 3.49. The Bertz CT molecular complexity index is 921. The molecule has 0 aliphatic carbocycles. The van der Waals surface area contributed by atoms with Crippen LogP contribution in [0.15, 0.2) is 66.9 Å². The van der Waals surface area contributed by atoms with Gasteiger partial charge in [-0.05, 0) is 42.9 Å². The van der Waals surface area contributed by atoms with Gasteiger partial charge in [0.05, 0.1) is 5.52 Å². The van der Waals surface area contributed by atoms with Crippen molar-refractivity contribution in [1.82, 2.24) is 15.6 Å². The van der Waals surface area contributed by atoms with Gasteiger partial charge in [0.1, 0.15) is 5.75 Å². The number of carbonyl (C=O) groups is 1. The Morgan fingerprint density at radius 1 is 1.07 bits per heavy atom. The van der Waals surface area contributed by atoms with Crippen molar-refractivity contribution in [2.75, 3.05) is 13.1 Å². The van der Waals surface area contributed by atoms with Crippen LogP contribution < -0.4 is 15.4 Å². The minimum atomic E-state index is -0.851. The number of fused-ring (bicyclic) bond motifs is 1. The molecule has 0 spiro atoms. The van der Waals surface area contributed by atoms with E-state index >= 15 is 0 Å². The van der Waals surface area contributed by atoms with E-state index in [1.807, 2.05) is 60.7 Å². The summed E-state index contributed by atoms with van der Waals surface area (Å²) in [5.41, 5.74) is 1.14. The number of benzene rings is 2. The summed E-state index contributed by atoms with van der Waals surface area (Å²) in [7, 11) is 0. The quantitative estimate of drug-likeness (QED) is 0.733. The molecule has 1 amide bonds. The molecule has 138 valence electrons. The molecule has 2 heterocycles. The lowest BCUT2D eigenvalue weighted by atomic mass is 9.90. The van der Waals surface area contributed by atoms with E-state index in [0.29, 0.717) is 25.1 Å². The van der Waals surface area contributed by atoms with Crippen molar-refractivity contribution in [3.05, 3.63) is 72.4 Å². The van der Waals surface area contributed by atoms with Gasteiger partial charge in [-0.2, -0.15) is 0 Å². The number of ether oxygens (including phenoxy) is 1. The van der Waals surface area contributed by atoms with Crippen molar-refractivity contribution in [2.24, 2.45) is 0 Å². The predicted octanol–water partition coefficient (Wildman–Crippen LogP) is 3.05. The summed E-state index contributed by atoms with van der Waals surface area (Å²) < 4.78 is 6.32. The molecule has 3 aromatic rings. The Kier molecular flexibility index (Phi) is 5.03. The van der Waals surface area contributed by atoms with E-state index in [-0.39, 0.29) is 5.91 Å². The molecule has 1 aliphatic heterocycles. The summed E-state index contributed by atoms with van der Waals surface area (Å²) in [4.78, 5) is 17.4. The number of nitrogens with zero attached hydrogens (tertiary/aromatic N) is 1. The topological polar surface area (TPSA) is 63.2 Å². The molecule has 0 atom stereocenters. The van der Waals surface area contributed by atoms with Gasteiger partial charge in [-0.3, -0.25) is 9.78 Å². The van der Waals surface area contributed by atoms with Gasteiger partial charge in [-0.25, -0.2) is 0 Å².